The van der Waals surface area contributed by atoms with Crippen molar-refractivity contribution in [2.24, 2.45) is 0 Å². The van der Waals surface area contributed by atoms with Gasteiger partial charge < -0.3 is 16.0 Å². The van der Waals surface area contributed by atoms with E-state index in [1.165, 1.54) is 0 Å². The fourth-order valence-corrected chi connectivity index (χ4v) is 2.37. The highest BCUT2D eigenvalue weighted by molar-refractivity contribution is 6.10. The molecule has 0 unspecified atom stereocenters. The van der Waals surface area contributed by atoms with E-state index in [9.17, 15) is 9.59 Å². The maximum atomic E-state index is 12.5. The Hall–Kier alpha value is -2.82. The molecule has 2 aromatic rings. The van der Waals surface area contributed by atoms with Gasteiger partial charge in [0.1, 0.15) is 0 Å². The van der Waals surface area contributed by atoms with Crippen molar-refractivity contribution in [1.82, 2.24) is 4.90 Å². The second kappa shape index (κ2) is 4.94. The first kappa shape index (κ1) is 13.2. The lowest BCUT2D eigenvalue weighted by Crippen LogP contribution is -2.35. The van der Waals surface area contributed by atoms with E-state index in [4.69, 9.17) is 5.73 Å². The number of rotatable bonds is 2. The third-order valence-electron chi connectivity index (χ3n) is 3.51. The van der Waals surface area contributed by atoms with Gasteiger partial charge in [-0.05, 0) is 35.9 Å². The van der Waals surface area contributed by atoms with Gasteiger partial charge in [0.15, 0.2) is 5.78 Å². The number of urea groups is 1. The third kappa shape index (κ3) is 2.45. The number of fused-ring (bicyclic) bond motifs is 1. The van der Waals surface area contributed by atoms with Crippen LogP contribution in [0.3, 0.4) is 0 Å². The molecule has 0 fully saturated rings. The zero-order valence-corrected chi connectivity index (χ0v) is 11.6. The van der Waals surface area contributed by atoms with Gasteiger partial charge in [-0.25, -0.2) is 4.79 Å². The number of carbonyl (C=O) groups is 2. The van der Waals surface area contributed by atoms with Crippen molar-refractivity contribution in [1.29, 1.82) is 0 Å². The molecule has 5 heteroatoms. The van der Waals surface area contributed by atoms with Crippen LogP contribution >= 0.6 is 0 Å². The minimum atomic E-state index is -0.141. The minimum Gasteiger partial charge on any atom is -0.399 e. The first-order valence-corrected chi connectivity index (χ1v) is 6.60. The van der Waals surface area contributed by atoms with Crippen LogP contribution in [0.15, 0.2) is 42.5 Å². The maximum Gasteiger partial charge on any atom is 0.321 e. The summed E-state index contributed by atoms with van der Waals surface area (Å²) >= 11 is 0. The average molecular weight is 281 g/mol. The number of benzene rings is 2. The molecule has 5 nitrogen and oxygen atoms in total. The van der Waals surface area contributed by atoms with Crippen molar-refractivity contribution < 1.29 is 9.59 Å². The van der Waals surface area contributed by atoms with Gasteiger partial charge in [-0.15, -0.1) is 0 Å². The first-order chi connectivity index (χ1) is 10.0. The summed E-state index contributed by atoms with van der Waals surface area (Å²) in [6.07, 6.45) is 0. The smallest absolute Gasteiger partial charge is 0.321 e. The first-order valence-electron chi connectivity index (χ1n) is 6.60. The van der Waals surface area contributed by atoms with Gasteiger partial charge in [-0.2, -0.15) is 0 Å². The molecule has 0 saturated carbocycles. The van der Waals surface area contributed by atoms with Crippen molar-refractivity contribution in [3.63, 3.8) is 0 Å². The minimum absolute atomic E-state index is 0.0790. The third-order valence-corrected chi connectivity index (χ3v) is 3.51. The lowest BCUT2D eigenvalue weighted by molar-refractivity contribution is 0.103. The highest BCUT2D eigenvalue weighted by Gasteiger charge is 2.20. The number of nitrogens with two attached hydrogens (primary N) is 1. The SMILES string of the molecule is CN1Cc2cc(C(=O)c3cccc(N)c3)ccc2NC1=O. The molecule has 0 radical (unpaired) electrons. The molecular weight excluding hydrogens is 266 g/mol. The van der Waals surface area contributed by atoms with Crippen LogP contribution in [-0.2, 0) is 6.54 Å². The predicted molar refractivity (Wildman–Crippen MR) is 81.2 cm³/mol. The van der Waals surface area contributed by atoms with E-state index in [-0.39, 0.29) is 11.8 Å². The Kier molecular flexibility index (Phi) is 3.10. The van der Waals surface area contributed by atoms with E-state index in [1.54, 1.807) is 48.3 Å². The predicted octanol–water partition coefficient (Wildman–Crippen LogP) is 2.48. The molecule has 3 N–H and O–H groups in total. The standard InChI is InChI=1S/C16H15N3O2/c1-19-9-12-7-11(5-6-14(12)18-16(19)21)15(20)10-3-2-4-13(17)8-10/h2-8H,9,17H2,1H3,(H,18,21). The van der Waals surface area contributed by atoms with E-state index in [0.29, 0.717) is 23.4 Å². The molecule has 1 aliphatic rings. The van der Waals surface area contributed by atoms with E-state index in [0.717, 1.165) is 11.3 Å². The monoisotopic (exact) mass is 281 g/mol. The van der Waals surface area contributed by atoms with Crippen LogP contribution in [0.1, 0.15) is 21.5 Å². The number of nitrogens with one attached hydrogen (secondary N) is 1. The van der Waals surface area contributed by atoms with Gasteiger partial charge in [0.25, 0.3) is 0 Å². The molecule has 0 bridgehead atoms. The Balaban J connectivity index is 1.96. The number of hydrogen-bond acceptors (Lipinski definition) is 3. The maximum absolute atomic E-state index is 12.5. The quantitative estimate of drug-likeness (QED) is 0.656. The molecule has 2 aromatic carbocycles. The number of amides is 2. The lowest BCUT2D eigenvalue weighted by atomic mass is 9.99. The summed E-state index contributed by atoms with van der Waals surface area (Å²) in [5.74, 6) is -0.0790. The Morgan fingerprint density at radius 2 is 1.95 bits per heavy atom. The van der Waals surface area contributed by atoms with Gasteiger partial charge >= 0.3 is 6.03 Å². The largest absolute Gasteiger partial charge is 0.399 e. The summed E-state index contributed by atoms with van der Waals surface area (Å²) in [5.41, 5.74) is 9.09. The van der Waals surface area contributed by atoms with Crippen molar-refractivity contribution in [3.8, 4) is 0 Å². The van der Waals surface area contributed by atoms with Crippen molar-refractivity contribution in [2.75, 3.05) is 18.1 Å². The zero-order chi connectivity index (χ0) is 15.0. The Morgan fingerprint density at radius 1 is 1.19 bits per heavy atom. The Morgan fingerprint density at radius 3 is 2.71 bits per heavy atom. The summed E-state index contributed by atoms with van der Waals surface area (Å²) < 4.78 is 0. The number of anilines is 2. The number of nitrogens with zero attached hydrogens (tertiary/aromatic N) is 1. The normalized spacial score (nSPS) is 13.6. The molecule has 0 aliphatic carbocycles. The molecule has 1 aliphatic heterocycles. The van der Waals surface area contributed by atoms with Gasteiger partial charge in [0.2, 0.25) is 0 Å². The average Bonchev–Trinajstić information content (AvgIpc) is 2.47. The molecule has 0 saturated heterocycles. The molecule has 1 heterocycles. The Labute approximate surface area is 122 Å². The molecule has 3 rings (SSSR count). The number of ketones is 1. The second-order valence-electron chi connectivity index (χ2n) is 5.11. The number of hydrogen-bond donors (Lipinski definition) is 2. The van der Waals surface area contributed by atoms with Crippen LogP contribution in [0, 0.1) is 0 Å². The second-order valence-corrected chi connectivity index (χ2v) is 5.11. The highest BCUT2D eigenvalue weighted by Crippen LogP contribution is 2.25. The van der Waals surface area contributed by atoms with E-state index < -0.39 is 0 Å². The molecule has 2 amide bonds. The van der Waals surface area contributed by atoms with Crippen LogP contribution in [0.5, 0.6) is 0 Å². The van der Waals surface area contributed by atoms with Crippen LogP contribution in [0.4, 0.5) is 16.2 Å². The van der Waals surface area contributed by atoms with Gasteiger partial charge in [0, 0.05) is 36.1 Å². The van der Waals surface area contributed by atoms with Crippen LogP contribution < -0.4 is 11.1 Å². The topological polar surface area (TPSA) is 75.4 Å². The van der Waals surface area contributed by atoms with Crippen molar-refractivity contribution in [2.45, 2.75) is 6.54 Å². The number of nitrogen functional groups attached to an aromatic ring is 1. The van der Waals surface area contributed by atoms with Crippen LogP contribution in [0.2, 0.25) is 0 Å². The van der Waals surface area contributed by atoms with Gasteiger partial charge in [0.05, 0.1) is 0 Å². The number of carbonyl (C=O) groups excluding carboxylic acids is 2. The van der Waals surface area contributed by atoms with Crippen molar-refractivity contribution >= 4 is 23.2 Å². The van der Waals surface area contributed by atoms with Crippen LogP contribution in [0.25, 0.3) is 0 Å². The van der Waals surface area contributed by atoms with E-state index >= 15 is 0 Å². The van der Waals surface area contributed by atoms with Gasteiger partial charge in [-0.3, -0.25) is 4.79 Å². The Bertz CT molecular complexity index is 740. The van der Waals surface area contributed by atoms with Crippen molar-refractivity contribution in [3.05, 3.63) is 59.2 Å². The van der Waals surface area contributed by atoms with E-state index in [1.807, 2.05) is 6.07 Å². The molecule has 106 valence electrons. The lowest BCUT2D eigenvalue weighted by Gasteiger charge is -2.26. The summed E-state index contributed by atoms with van der Waals surface area (Å²) in [5, 5.41) is 2.78. The summed E-state index contributed by atoms with van der Waals surface area (Å²) in [7, 11) is 1.71. The summed E-state index contributed by atoms with van der Waals surface area (Å²) in [4.78, 5) is 25.6. The highest BCUT2D eigenvalue weighted by atomic mass is 16.2. The fraction of sp³-hybridized carbons (Fsp3) is 0.125. The molecule has 0 aromatic heterocycles. The summed E-state index contributed by atoms with van der Waals surface area (Å²) in [6.45, 7) is 0.485. The molecular formula is C16H15N3O2. The fourth-order valence-electron chi connectivity index (χ4n) is 2.37. The zero-order valence-electron chi connectivity index (χ0n) is 11.6. The van der Waals surface area contributed by atoms with Gasteiger partial charge in [-0.1, -0.05) is 12.1 Å². The molecule has 21 heavy (non-hydrogen) atoms. The molecule has 0 spiro atoms. The molecule has 0 atom stereocenters. The van der Waals surface area contributed by atoms with E-state index in [2.05, 4.69) is 5.32 Å². The summed E-state index contributed by atoms with van der Waals surface area (Å²) in [6, 6.07) is 12.1. The van der Waals surface area contributed by atoms with Crippen LogP contribution in [-0.4, -0.2) is 23.8 Å².